The number of benzene rings is 4. The normalized spacial score (nSPS) is 20.1. The highest BCUT2D eigenvalue weighted by molar-refractivity contribution is 9.10. The molecule has 0 aromatic heterocycles. The molecule has 0 spiro atoms. The van der Waals surface area contributed by atoms with Crippen molar-refractivity contribution in [1.29, 1.82) is 0 Å². The second-order valence-corrected chi connectivity index (χ2v) is 11.5. The zero-order valence-electron chi connectivity index (χ0n) is 22.4. The fourth-order valence-electron chi connectivity index (χ4n) is 6.01. The summed E-state index contributed by atoms with van der Waals surface area (Å²) in [5, 5.41) is 0. The van der Waals surface area contributed by atoms with Crippen LogP contribution in [0, 0.1) is 0 Å². The average molecular weight is 587 g/mol. The number of alkyl halides is 1. The number of nitrogens with zero attached hydrogens (tertiary/aromatic N) is 1. The van der Waals surface area contributed by atoms with Crippen molar-refractivity contribution < 1.29 is 4.79 Å². The van der Waals surface area contributed by atoms with Crippen molar-refractivity contribution in [3.8, 4) is 0 Å². The summed E-state index contributed by atoms with van der Waals surface area (Å²) in [4.78, 5) is 16.0. The number of carbonyl (C=O) groups is 1. The lowest BCUT2D eigenvalue weighted by atomic mass is 9.75. The molecule has 1 aliphatic carbocycles. The van der Waals surface area contributed by atoms with Crippen LogP contribution in [-0.2, 0) is 16.9 Å². The van der Waals surface area contributed by atoms with Crippen molar-refractivity contribution >= 4 is 21.8 Å². The number of halogens is 1. The van der Waals surface area contributed by atoms with Crippen LogP contribution in [-0.4, -0.2) is 15.6 Å². The van der Waals surface area contributed by atoms with Crippen molar-refractivity contribution in [2.45, 2.75) is 35.7 Å². The number of hydrogen-bond donors (Lipinski definition) is 0. The maximum absolute atomic E-state index is 14.4. The van der Waals surface area contributed by atoms with E-state index in [4.69, 9.17) is 0 Å². The lowest BCUT2D eigenvalue weighted by Gasteiger charge is -2.48. The highest BCUT2D eigenvalue weighted by Crippen LogP contribution is 2.46. The number of allylic oxidation sites excluding steroid dienone is 4. The van der Waals surface area contributed by atoms with Crippen molar-refractivity contribution in [1.82, 2.24) is 4.90 Å². The molecule has 0 saturated heterocycles. The van der Waals surface area contributed by atoms with Gasteiger partial charge in [0.2, 0.25) is 5.91 Å². The minimum Gasteiger partial charge on any atom is -0.320 e. The van der Waals surface area contributed by atoms with Gasteiger partial charge >= 0.3 is 0 Å². The van der Waals surface area contributed by atoms with Crippen LogP contribution >= 0.6 is 15.9 Å². The van der Waals surface area contributed by atoms with Crippen LogP contribution in [0.2, 0.25) is 0 Å². The lowest BCUT2D eigenvalue weighted by molar-refractivity contribution is -0.135. The second kappa shape index (κ2) is 11.7. The Kier molecular flexibility index (Phi) is 7.66. The molecule has 4 aromatic rings. The molecule has 1 heterocycles. The van der Waals surface area contributed by atoms with E-state index < -0.39 is 10.4 Å². The topological polar surface area (TPSA) is 20.3 Å². The summed E-state index contributed by atoms with van der Waals surface area (Å²) in [6, 6.07) is 41.8. The Morgan fingerprint density at radius 2 is 1.30 bits per heavy atom. The van der Waals surface area contributed by atoms with Gasteiger partial charge in [-0.15, -0.1) is 0 Å². The fraction of sp³-hybridized carbons (Fsp3) is 0.162. The van der Waals surface area contributed by atoms with Gasteiger partial charge in [-0.1, -0.05) is 155 Å². The Morgan fingerprint density at radius 1 is 0.750 bits per heavy atom. The van der Waals surface area contributed by atoms with Gasteiger partial charge < -0.3 is 4.90 Å². The van der Waals surface area contributed by atoms with E-state index in [1.54, 1.807) is 0 Å². The van der Waals surface area contributed by atoms with E-state index in [2.05, 4.69) is 131 Å². The molecule has 2 aliphatic rings. The first-order valence-corrected chi connectivity index (χ1v) is 14.8. The summed E-state index contributed by atoms with van der Waals surface area (Å²) in [5.41, 5.74) is 6.22. The monoisotopic (exact) mass is 585 g/mol. The molecule has 0 saturated carbocycles. The van der Waals surface area contributed by atoms with Gasteiger partial charge in [0, 0.05) is 12.5 Å². The van der Waals surface area contributed by atoms with E-state index in [0.29, 0.717) is 12.5 Å². The minimum absolute atomic E-state index is 0.0802. The highest BCUT2D eigenvalue weighted by Gasteiger charge is 2.47. The molecule has 6 rings (SSSR count). The van der Waals surface area contributed by atoms with Crippen LogP contribution in [0.1, 0.15) is 41.0 Å². The van der Waals surface area contributed by atoms with Gasteiger partial charge in [0.1, 0.15) is 10.4 Å². The molecule has 198 valence electrons. The summed E-state index contributed by atoms with van der Waals surface area (Å²) < 4.78 is 0. The van der Waals surface area contributed by atoms with Crippen LogP contribution in [0.25, 0.3) is 0 Å². The van der Waals surface area contributed by atoms with Gasteiger partial charge in [0.05, 0.1) is 0 Å². The predicted octanol–water partition coefficient (Wildman–Crippen LogP) is 8.72. The zero-order valence-corrected chi connectivity index (χ0v) is 24.0. The third kappa shape index (κ3) is 5.14. The molecular weight excluding hydrogens is 554 g/mol. The Bertz CT molecular complexity index is 1500. The number of hydrogen-bond acceptors (Lipinski definition) is 1. The number of rotatable bonds is 7. The first-order valence-electron chi connectivity index (χ1n) is 13.9. The molecule has 0 radical (unpaired) electrons. The van der Waals surface area contributed by atoms with Crippen LogP contribution in [0.5, 0.6) is 0 Å². The maximum atomic E-state index is 14.4. The van der Waals surface area contributed by atoms with Crippen LogP contribution in [0.4, 0.5) is 0 Å². The van der Waals surface area contributed by atoms with Gasteiger partial charge in [-0.25, -0.2) is 0 Å². The molecular formula is C37H32BrNO. The van der Waals surface area contributed by atoms with Crippen LogP contribution in [0.3, 0.4) is 0 Å². The molecule has 2 atom stereocenters. The summed E-state index contributed by atoms with van der Waals surface area (Å²) >= 11 is 3.84. The molecule has 1 amide bonds. The standard InChI is InChI=1S/C37H32BrNO/c38-35-32(25-28-21-23-31(24-22-28)30-15-7-2-8-16-30)26-37(33-17-9-3-10-18-33,34-19-11-4-12-20-34)39(36(35)40)27-29-13-5-1-6-14-29/h1-23,26,31,35H,24-25,27H2. The van der Waals surface area contributed by atoms with Crippen molar-refractivity contribution in [3.63, 3.8) is 0 Å². The first kappa shape index (κ1) is 26.3. The Labute approximate surface area is 245 Å². The third-order valence-corrected chi connectivity index (χ3v) is 9.03. The second-order valence-electron chi connectivity index (χ2n) is 10.6. The SMILES string of the molecule is O=C1C(Br)C(CC2=CCC(c3ccccc3)C=C2)=CC(c2ccccc2)(c2ccccc2)N1Cc1ccccc1. The molecule has 0 fully saturated rings. The molecule has 3 heteroatoms. The van der Waals surface area contributed by atoms with Crippen LogP contribution in [0.15, 0.2) is 157 Å². The lowest BCUT2D eigenvalue weighted by Crippen LogP contribution is -2.54. The summed E-state index contributed by atoms with van der Waals surface area (Å²) in [6.07, 6.45) is 10.9. The van der Waals surface area contributed by atoms with Gasteiger partial charge in [0.15, 0.2) is 0 Å². The molecule has 4 aromatic carbocycles. The van der Waals surface area contributed by atoms with Crippen molar-refractivity contribution in [2.24, 2.45) is 0 Å². The zero-order chi connectivity index (χ0) is 27.4. The number of carbonyl (C=O) groups excluding carboxylic acids is 1. The molecule has 2 nitrogen and oxygen atoms in total. The summed E-state index contributed by atoms with van der Waals surface area (Å²) in [7, 11) is 0. The summed E-state index contributed by atoms with van der Waals surface area (Å²) in [5.74, 6) is 0.470. The highest BCUT2D eigenvalue weighted by atomic mass is 79.9. The van der Waals surface area contributed by atoms with E-state index in [1.165, 1.54) is 11.1 Å². The van der Waals surface area contributed by atoms with Crippen molar-refractivity contribution in [2.75, 3.05) is 0 Å². The Balaban J connectivity index is 1.43. The quantitative estimate of drug-likeness (QED) is 0.157. The number of amides is 1. The molecule has 2 unspecified atom stereocenters. The van der Waals surface area contributed by atoms with Crippen LogP contribution < -0.4 is 0 Å². The average Bonchev–Trinajstić information content (AvgIpc) is 3.03. The predicted molar refractivity (Wildman–Crippen MR) is 167 cm³/mol. The smallest absolute Gasteiger partial charge is 0.242 e. The first-order chi connectivity index (χ1) is 19.6. The molecule has 0 N–H and O–H groups in total. The van der Waals surface area contributed by atoms with E-state index >= 15 is 0 Å². The van der Waals surface area contributed by atoms with E-state index in [0.717, 1.165) is 35.1 Å². The van der Waals surface area contributed by atoms with E-state index in [1.807, 2.05) is 35.2 Å². The molecule has 0 bridgehead atoms. The Morgan fingerprint density at radius 3 is 1.85 bits per heavy atom. The minimum atomic E-state index is -0.736. The summed E-state index contributed by atoms with van der Waals surface area (Å²) in [6.45, 7) is 0.511. The molecule has 1 aliphatic heterocycles. The fourth-order valence-corrected chi connectivity index (χ4v) is 6.55. The van der Waals surface area contributed by atoms with E-state index in [-0.39, 0.29) is 5.91 Å². The largest absolute Gasteiger partial charge is 0.320 e. The van der Waals surface area contributed by atoms with Gasteiger partial charge in [-0.2, -0.15) is 0 Å². The molecule has 40 heavy (non-hydrogen) atoms. The van der Waals surface area contributed by atoms with Gasteiger partial charge in [-0.05, 0) is 52.3 Å². The van der Waals surface area contributed by atoms with Gasteiger partial charge in [-0.3, -0.25) is 4.79 Å². The van der Waals surface area contributed by atoms with Crippen molar-refractivity contribution in [3.05, 3.63) is 179 Å². The van der Waals surface area contributed by atoms with Gasteiger partial charge in [0.25, 0.3) is 0 Å². The Hall–Kier alpha value is -3.95. The third-order valence-electron chi connectivity index (χ3n) is 8.05. The maximum Gasteiger partial charge on any atom is 0.242 e. The van der Waals surface area contributed by atoms with E-state index in [9.17, 15) is 4.79 Å².